The molecule has 0 saturated carbocycles. The van der Waals surface area contributed by atoms with E-state index < -0.39 is 0 Å². The normalized spacial score (nSPS) is 10.8. The van der Waals surface area contributed by atoms with Crippen molar-refractivity contribution < 1.29 is 9.53 Å². The van der Waals surface area contributed by atoms with Gasteiger partial charge in [0.15, 0.2) is 5.13 Å². The second kappa shape index (κ2) is 8.87. The van der Waals surface area contributed by atoms with Crippen molar-refractivity contribution in [1.82, 2.24) is 9.55 Å². The van der Waals surface area contributed by atoms with Crippen molar-refractivity contribution in [2.24, 2.45) is 0 Å². The Labute approximate surface area is 148 Å². The van der Waals surface area contributed by atoms with E-state index in [1.165, 1.54) is 30.5 Å². The van der Waals surface area contributed by atoms with Crippen molar-refractivity contribution in [2.45, 2.75) is 53.0 Å². The number of nitrogens with one attached hydrogen (secondary N) is 1. The van der Waals surface area contributed by atoms with Crippen LogP contribution >= 0.6 is 11.3 Å². The predicted molar refractivity (Wildman–Crippen MR) is 99.7 cm³/mol. The van der Waals surface area contributed by atoms with Crippen molar-refractivity contribution in [1.29, 1.82) is 0 Å². The Bertz CT molecular complexity index is 676. The molecule has 0 aromatic carbocycles. The summed E-state index contributed by atoms with van der Waals surface area (Å²) in [5.41, 5.74) is 4.58. The number of hydrogen-bond acceptors (Lipinski definition) is 5. The monoisotopic (exact) mass is 349 g/mol. The van der Waals surface area contributed by atoms with Crippen LogP contribution in [0.25, 0.3) is 11.3 Å². The number of thiazole rings is 1. The second-order valence-corrected chi connectivity index (χ2v) is 6.79. The number of esters is 1. The molecule has 0 aliphatic heterocycles. The summed E-state index contributed by atoms with van der Waals surface area (Å²) in [6.45, 7) is 8.18. The molecule has 0 saturated heterocycles. The number of carbonyl (C=O) groups is 1. The molecular formula is C18H27N3O2S. The summed E-state index contributed by atoms with van der Waals surface area (Å²) in [6, 6.07) is 2.18. The van der Waals surface area contributed by atoms with Crippen LogP contribution in [0.2, 0.25) is 0 Å². The van der Waals surface area contributed by atoms with Crippen LogP contribution in [0.3, 0.4) is 0 Å². The van der Waals surface area contributed by atoms with Crippen LogP contribution in [0.4, 0.5) is 5.13 Å². The van der Waals surface area contributed by atoms with Gasteiger partial charge in [-0.1, -0.05) is 13.3 Å². The maximum Gasteiger partial charge on any atom is 0.305 e. The third kappa shape index (κ3) is 4.60. The number of ether oxygens (including phenoxy) is 1. The van der Waals surface area contributed by atoms with Crippen LogP contribution in [0.15, 0.2) is 11.4 Å². The molecule has 2 heterocycles. The molecule has 0 bridgehead atoms. The summed E-state index contributed by atoms with van der Waals surface area (Å²) in [5, 5.41) is 6.47. The van der Waals surface area contributed by atoms with Crippen LogP contribution < -0.4 is 5.32 Å². The van der Waals surface area contributed by atoms with E-state index in [4.69, 9.17) is 9.72 Å². The Hall–Kier alpha value is -1.82. The molecule has 0 spiro atoms. The zero-order chi connectivity index (χ0) is 17.5. The molecule has 0 aliphatic carbocycles. The molecular weight excluding hydrogens is 322 g/mol. The Morgan fingerprint density at radius 1 is 1.38 bits per heavy atom. The Balaban J connectivity index is 2.06. The van der Waals surface area contributed by atoms with E-state index in [2.05, 4.69) is 42.1 Å². The summed E-state index contributed by atoms with van der Waals surface area (Å²) < 4.78 is 6.95. The summed E-state index contributed by atoms with van der Waals surface area (Å²) in [7, 11) is 1.43. The first-order chi connectivity index (χ1) is 11.6. The molecule has 5 nitrogen and oxygen atoms in total. The number of methoxy groups -OCH3 is 1. The predicted octanol–water partition coefficient (Wildman–Crippen LogP) is 4.39. The summed E-state index contributed by atoms with van der Waals surface area (Å²) in [4.78, 5) is 16.0. The molecule has 2 rings (SSSR count). The third-order valence-corrected chi connectivity index (χ3v) is 4.95. The van der Waals surface area contributed by atoms with Crippen molar-refractivity contribution in [2.75, 3.05) is 19.0 Å². The Kier molecular flexibility index (Phi) is 6.85. The van der Waals surface area contributed by atoms with Gasteiger partial charge in [-0.25, -0.2) is 4.98 Å². The standard InChI is InChI=1S/C18H27N3O2S/c1-5-6-9-19-18-20-16(12-24-18)15-11-13(2)21(14(15)3)10-7-8-17(22)23-4/h11-12H,5-10H2,1-4H3,(H,19,20). The molecule has 132 valence electrons. The Morgan fingerprint density at radius 2 is 2.17 bits per heavy atom. The number of unbranched alkanes of at least 4 members (excludes halogenated alkanes) is 1. The number of carbonyl (C=O) groups excluding carboxylic acids is 1. The SMILES string of the molecule is CCCCNc1nc(-c2cc(C)n(CCCC(=O)OC)c2C)cs1. The van der Waals surface area contributed by atoms with E-state index in [9.17, 15) is 4.79 Å². The van der Waals surface area contributed by atoms with Gasteiger partial charge in [-0.15, -0.1) is 11.3 Å². The van der Waals surface area contributed by atoms with E-state index >= 15 is 0 Å². The summed E-state index contributed by atoms with van der Waals surface area (Å²) >= 11 is 1.65. The lowest BCUT2D eigenvalue weighted by Crippen LogP contribution is -2.06. The number of hydrogen-bond donors (Lipinski definition) is 1. The number of aryl methyl sites for hydroxylation is 1. The molecule has 0 radical (unpaired) electrons. The van der Waals surface area contributed by atoms with Gasteiger partial charge >= 0.3 is 5.97 Å². The van der Waals surface area contributed by atoms with Crippen molar-refractivity contribution in [3.63, 3.8) is 0 Å². The average Bonchev–Trinajstić information content (AvgIpc) is 3.14. The van der Waals surface area contributed by atoms with E-state index in [1.54, 1.807) is 11.3 Å². The maximum absolute atomic E-state index is 11.3. The highest BCUT2D eigenvalue weighted by molar-refractivity contribution is 7.14. The highest BCUT2D eigenvalue weighted by Crippen LogP contribution is 2.30. The maximum atomic E-state index is 11.3. The minimum Gasteiger partial charge on any atom is -0.469 e. The topological polar surface area (TPSA) is 56.2 Å². The first-order valence-corrected chi connectivity index (χ1v) is 9.38. The minimum absolute atomic E-state index is 0.153. The first kappa shape index (κ1) is 18.5. The average molecular weight is 350 g/mol. The molecule has 0 fully saturated rings. The zero-order valence-corrected chi connectivity index (χ0v) is 15.8. The molecule has 6 heteroatoms. The largest absolute Gasteiger partial charge is 0.469 e. The van der Waals surface area contributed by atoms with E-state index in [0.717, 1.165) is 36.8 Å². The van der Waals surface area contributed by atoms with Crippen molar-refractivity contribution in [3.8, 4) is 11.3 Å². The minimum atomic E-state index is -0.153. The van der Waals surface area contributed by atoms with Crippen molar-refractivity contribution in [3.05, 3.63) is 22.8 Å². The van der Waals surface area contributed by atoms with Gasteiger partial charge in [0.1, 0.15) is 0 Å². The lowest BCUT2D eigenvalue weighted by atomic mass is 10.2. The van der Waals surface area contributed by atoms with Crippen LogP contribution in [0.5, 0.6) is 0 Å². The van der Waals surface area contributed by atoms with Crippen LogP contribution in [-0.2, 0) is 16.1 Å². The van der Waals surface area contributed by atoms with Crippen LogP contribution in [-0.4, -0.2) is 29.2 Å². The quantitative estimate of drug-likeness (QED) is 0.539. The second-order valence-electron chi connectivity index (χ2n) is 5.93. The molecule has 0 aliphatic rings. The lowest BCUT2D eigenvalue weighted by Gasteiger charge is -2.09. The van der Waals surface area contributed by atoms with Gasteiger partial charge in [-0.05, 0) is 32.8 Å². The van der Waals surface area contributed by atoms with E-state index in [1.807, 2.05) is 0 Å². The van der Waals surface area contributed by atoms with Gasteiger partial charge in [-0.3, -0.25) is 4.79 Å². The zero-order valence-electron chi connectivity index (χ0n) is 15.0. The molecule has 2 aromatic heterocycles. The fraction of sp³-hybridized carbons (Fsp3) is 0.556. The fourth-order valence-electron chi connectivity index (χ4n) is 2.74. The van der Waals surface area contributed by atoms with Gasteiger partial charge < -0.3 is 14.6 Å². The Morgan fingerprint density at radius 3 is 2.88 bits per heavy atom. The lowest BCUT2D eigenvalue weighted by molar-refractivity contribution is -0.140. The number of nitrogens with zero attached hydrogens (tertiary/aromatic N) is 2. The first-order valence-electron chi connectivity index (χ1n) is 8.50. The number of aromatic nitrogens is 2. The molecule has 2 aromatic rings. The molecule has 0 atom stereocenters. The van der Waals surface area contributed by atoms with Gasteiger partial charge in [0.05, 0.1) is 12.8 Å². The highest BCUT2D eigenvalue weighted by atomic mass is 32.1. The number of rotatable bonds is 9. The van der Waals surface area contributed by atoms with Gasteiger partial charge in [0, 0.05) is 41.8 Å². The van der Waals surface area contributed by atoms with E-state index in [0.29, 0.717) is 6.42 Å². The third-order valence-electron chi connectivity index (χ3n) is 4.15. The van der Waals surface area contributed by atoms with Crippen LogP contribution in [0.1, 0.15) is 44.0 Å². The van der Waals surface area contributed by atoms with Gasteiger partial charge in [-0.2, -0.15) is 0 Å². The van der Waals surface area contributed by atoms with Crippen molar-refractivity contribution >= 4 is 22.4 Å². The highest BCUT2D eigenvalue weighted by Gasteiger charge is 2.14. The van der Waals surface area contributed by atoms with Gasteiger partial charge in [0.25, 0.3) is 0 Å². The molecule has 0 unspecified atom stereocenters. The molecule has 1 N–H and O–H groups in total. The fourth-order valence-corrected chi connectivity index (χ4v) is 3.48. The smallest absolute Gasteiger partial charge is 0.305 e. The molecule has 24 heavy (non-hydrogen) atoms. The summed E-state index contributed by atoms with van der Waals surface area (Å²) in [6.07, 6.45) is 3.57. The molecule has 0 amide bonds. The van der Waals surface area contributed by atoms with E-state index in [-0.39, 0.29) is 5.97 Å². The van der Waals surface area contributed by atoms with Crippen LogP contribution in [0, 0.1) is 13.8 Å². The van der Waals surface area contributed by atoms with Gasteiger partial charge in [0.2, 0.25) is 0 Å². The number of anilines is 1. The summed E-state index contributed by atoms with van der Waals surface area (Å²) in [5.74, 6) is -0.153.